The van der Waals surface area contributed by atoms with Crippen LogP contribution in [0.3, 0.4) is 0 Å². The zero-order valence-electron chi connectivity index (χ0n) is 15.2. The minimum atomic E-state index is -0.233. The highest BCUT2D eigenvalue weighted by atomic mass is 16.5. The highest BCUT2D eigenvalue weighted by Gasteiger charge is 2.52. The largest absolute Gasteiger partial charge is 0.508 e. The fourth-order valence-electron chi connectivity index (χ4n) is 4.45. The maximum absolute atomic E-state index is 9.69. The second-order valence-corrected chi connectivity index (χ2v) is 7.11. The van der Waals surface area contributed by atoms with Crippen molar-refractivity contribution in [2.45, 2.75) is 64.4 Å². The lowest BCUT2D eigenvalue weighted by molar-refractivity contribution is -0.0306. The van der Waals surface area contributed by atoms with E-state index in [0.717, 1.165) is 31.4 Å². The number of hydrogen-bond donors (Lipinski definition) is 1. The topological polar surface area (TPSA) is 29.5 Å². The van der Waals surface area contributed by atoms with Gasteiger partial charge >= 0.3 is 0 Å². The van der Waals surface area contributed by atoms with Crippen LogP contribution >= 0.6 is 0 Å². The molecule has 1 N–H and O–H groups in total. The van der Waals surface area contributed by atoms with E-state index in [-0.39, 0.29) is 11.0 Å². The van der Waals surface area contributed by atoms with Crippen LogP contribution in [0.1, 0.15) is 57.2 Å². The first-order valence-corrected chi connectivity index (χ1v) is 9.09. The predicted octanol–water partition coefficient (Wildman–Crippen LogP) is 5.41. The minimum absolute atomic E-state index is 0.123. The normalized spacial score (nSPS) is 21.8. The Bertz CT molecular complexity index is 713. The molecular formula is C22H28O2. The fourth-order valence-corrected chi connectivity index (χ4v) is 4.45. The van der Waals surface area contributed by atoms with Gasteiger partial charge in [-0.1, -0.05) is 52.0 Å². The van der Waals surface area contributed by atoms with Gasteiger partial charge in [-0.25, -0.2) is 0 Å². The summed E-state index contributed by atoms with van der Waals surface area (Å²) in [5, 5.41) is 9.69. The van der Waals surface area contributed by atoms with Crippen LogP contribution in [-0.2, 0) is 18.3 Å². The summed E-state index contributed by atoms with van der Waals surface area (Å²) in [7, 11) is 0. The molecule has 0 amide bonds. The van der Waals surface area contributed by atoms with Gasteiger partial charge in [-0.15, -0.1) is 0 Å². The SMILES string of the molecule is CCc1cccc2c1CC(C)(c1ccc(O)cc1)C(CC)(CC)O2. The minimum Gasteiger partial charge on any atom is -0.508 e. The molecule has 3 rings (SSSR count). The van der Waals surface area contributed by atoms with E-state index >= 15 is 0 Å². The summed E-state index contributed by atoms with van der Waals surface area (Å²) in [4.78, 5) is 0. The van der Waals surface area contributed by atoms with Crippen LogP contribution < -0.4 is 4.74 Å². The van der Waals surface area contributed by atoms with E-state index in [4.69, 9.17) is 4.74 Å². The number of phenols is 1. The van der Waals surface area contributed by atoms with Crippen LogP contribution in [0.4, 0.5) is 0 Å². The standard InChI is InChI=1S/C22H28O2/c1-5-16-9-8-10-20-19(16)15-21(4,22(6-2,7-3)24-20)17-11-13-18(23)14-12-17/h8-14,23H,5-7,15H2,1-4H3. The van der Waals surface area contributed by atoms with E-state index in [0.29, 0.717) is 5.75 Å². The molecule has 1 aliphatic rings. The Morgan fingerprint density at radius 1 is 1.00 bits per heavy atom. The second kappa shape index (κ2) is 6.16. The number of ether oxygens (including phenoxy) is 1. The molecule has 2 aromatic rings. The Hall–Kier alpha value is -1.96. The van der Waals surface area contributed by atoms with Crippen LogP contribution in [0.25, 0.3) is 0 Å². The first-order valence-electron chi connectivity index (χ1n) is 9.09. The average molecular weight is 324 g/mol. The van der Waals surface area contributed by atoms with E-state index in [1.165, 1.54) is 16.7 Å². The Morgan fingerprint density at radius 2 is 1.67 bits per heavy atom. The van der Waals surface area contributed by atoms with Crippen molar-refractivity contribution in [3.8, 4) is 11.5 Å². The van der Waals surface area contributed by atoms with Crippen molar-refractivity contribution in [3.05, 3.63) is 59.2 Å². The zero-order chi connectivity index (χ0) is 17.4. The molecule has 2 aromatic carbocycles. The van der Waals surface area contributed by atoms with Crippen molar-refractivity contribution >= 4 is 0 Å². The average Bonchev–Trinajstić information content (AvgIpc) is 2.61. The highest BCUT2D eigenvalue weighted by Crippen LogP contribution is 2.51. The summed E-state index contributed by atoms with van der Waals surface area (Å²) in [5.74, 6) is 1.36. The molecule has 0 aromatic heterocycles. The smallest absolute Gasteiger partial charge is 0.123 e. The third-order valence-corrected chi connectivity index (χ3v) is 6.10. The lowest BCUT2D eigenvalue weighted by Gasteiger charge is -2.52. The van der Waals surface area contributed by atoms with Crippen molar-refractivity contribution in [2.75, 3.05) is 0 Å². The van der Waals surface area contributed by atoms with Crippen molar-refractivity contribution in [1.82, 2.24) is 0 Å². The van der Waals surface area contributed by atoms with Gasteiger partial charge in [0.25, 0.3) is 0 Å². The van der Waals surface area contributed by atoms with Crippen molar-refractivity contribution in [2.24, 2.45) is 0 Å². The summed E-state index contributed by atoms with van der Waals surface area (Å²) in [6, 6.07) is 14.1. The van der Waals surface area contributed by atoms with Crippen LogP contribution in [0.5, 0.6) is 11.5 Å². The van der Waals surface area contributed by atoms with Crippen LogP contribution in [-0.4, -0.2) is 10.7 Å². The Balaban J connectivity index is 2.19. The molecule has 2 nitrogen and oxygen atoms in total. The molecule has 0 aliphatic carbocycles. The number of benzene rings is 2. The molecule has 0 bridgehead atoms. The van der Waals surface area contributed by atoms with Crippen molar-refractivity contribution in [3.63, 3.8) is 0 Å². The van der Waals surface area contributed by atoms with Gasteiger partial charge in [-0.3, -0.25) is 0 Å². The van der Waals surface area contributed by atoms with E-state index in [2.05, 4.69) is 58.0 Å². The predicted molar refractivity (Wildman–Crippen MR) is 98.9 cm³/mol. The summed E-state index contributed by atoms with van der Waals surface area (Å²) >= 11 is 0. The van der Waals surface area contributed by atoms with Gasteiger partial charge in [0.1, 0.15) is 17.1 Å². The molecule has 0 saturated carbocycles. The molecule has 0 fully saturated rings. The van der Waals surface area contributed by atoms with Gasteiger partial charge in [-0.2, -0.15) is 0 Å². The van der Waals surface area contributed by atoms with Crippen molar-refractivity contribution in [1.29, 1.82) is 0 Å². The molecule has 1 aliphatic heterocycles. The monoisotopic (exact) mass is 324 g/mol. The van der Waals surface area contributed by atoms with Crippen molar-refractivity contribution < 1.29 is 9.84 Å². The number of fused-ring (bicyclic) bond motifs is 1. The Morgan fingerprint density at radius 3 is 2.25 bits per heavy atom. The lowest BCUT2D eigenvalue weighted by Crippen LogP contribution is -2.57. The molecule has 1 atom stereocenters. The van der Waals surface area contributed by atoms with E-state index in [1.807, 2.05) is 0 Å². The van der Waals surface area contributed by atoms with E-state index in [1.54, 1.807) is 12.1 Å². The van der Waals surface area contributed by atoms with Gasteiger partial charge in [-0.05, 0) is 60.6 Å². The Labute approximate surface area is 145 Å². The van der Waals surface area contributed by atoms with Gasteiger partial charge in [0, 0.05) is 5.41 Å². The number of rotatable bonds is 4. The number of aryl methyl sites for hydroxylation is 1. The van der Waals surface area contributed by atoms with Gasteiger partial charge < -0.3 is 9.84 Å². The molecular weight excluding hydrogens is 296 g/mol. The first kappa shape index (κ1) is 16.9. The van der Waals surface area contributed by atoms with Crippen LogP contribution in [0.2, 0.25) is 0 Å². The Kier molecular flexibility index (Phi) is 4.33. The second-order valence-electron chi connectivity index (χ2n) is 7.11. The van der Waals surface area contributed by atoms with Crippen LogP contribution in [0, 0.1) is 0 Å². The van der Waals surface area contributed by atoms with E-state index < -0.39 is 0 Å². The quantitative estimate of drug-likeness (QED) is 0.815. The summed E-state index contributed by atoms with van der Waals surface area (Å²) in [5.41, 5.74) is 3.60. The molecule has 0 saturated heterocycles. The van der Waals surface area contributed by atoms with Gasteiger partial charge in [0.2, 0.25) is 0 Å². The molecule has 128 valence electrons. The maximum Gasteiger partial charge on any atom is 0.123 e. The molecule has 1 unspecified atom stereocenters. The zero-order valence-corrected chi connectivity index (χ0v) is 15.2. The van der Waals surface area contributed by atoms with Crippen LogP contribution in [0.15, 0.2) is 42.5 Å². The first-order chi connectivity index (χ1) is 11.5. The van der Waals surface area contributed by atoms with E-state index in [9.17, 15) is 5.11 Å². The summed E-state index contributed by atoms with van der Waals surface area (Å²) in [6.45, 7) is 8.96. The fraction of sp³-hybridized carbons (Fsp3) is 0.455. The third-order valence-electron chi connectivity index (χ3n) is 6.10. The van der Waals surface area contributed by atoms with Gasteiger partial charge in [0.05, 0.1) is 0 Å². The number of hydrogen-bond acceptors (Lipinski definition) is 2. The molecule has 2 heteroatoms. The number of aromatic hydroxyl groups is 1. The summed E-state index contributed by atoms with van der Waals surface area (Å²) in [6.07, 6.45) is 3.90. The molecule has 1 heterocycles. The third kappa shape index (κ3) is 2.40. The number of phenolic OH excluding ortho intramolecular Hbond substituents is 1. The highest BCUT2D eigenvalue weighted by molar-refractivity contribution is 5.48. The van der Waals surface area contributed by atoms with Gasteiger partial charge in [0.15, 0.2) is 0 Å². The molecule has 24 heavy (non-hydrogen) atoms. The maximum atomic E-state index is 9.69. The molecule has 0 radical (unpaired) electrons. The lowest BCUT2D eigenvalue weighted by atomic mass is 9.61. The molecule has 0 spiro atoms. The summed E-state index contributed by atoms with van der Waals surface area (Å²) < 4.78 is 6.70.